The number of amides is 1. The number of aryl methyl sites for hydroxylation is 1. The number of hydrogen-bond acceptors (Lipinski definition) is 5. The van der Waals surface area contributed by atoms with Gasteiger partial charge in [0.15, 0.2) is 6.10 Å². The Hall–Kier alpha value is -2.99. The van der Waals surface area contributed by atoms with Gasteiger partial charge < -0.3 is 19.5 Å². The van der Waals surface area contributed by atoms with Crippen LogP contribution in [0.4, 0.5) is 5.69 Å². The van der Waals surface area contributed by atoms with Crippen molar-refractivity contribution in [3.8, 4) is 11.5 Å². The van der Waals surface area contributed by atoms with Gasteiger partial charge in [0, 0.05) is 22.7 Å². The van der Waals surface area contributed by atoms with Gasteiger partial charge in [0.2, 0.25) is 0 Å². The zero-order valence-corrected chi connectivity index (χ0v) is 16.9. The topological polar surface area (TPSA) is 73.9 Å². The standard InChI is InChI=1S/C21H22ClNO5/c1-13-11-17(19(27-4)12-16(13)22)23-21(25)14(2)28-20(24)10-9-15-7-5-6-8-18(15)26-3/h5-12,14H,1-4H3,(H,23,25)/b10-9+. The molecule has 28 heavy (non-hydrogen) atoms. The molecule has 0 fully saturated rings. The molecule has 1 unspecified atom stereocenters. The van der Waals surface area contributed by atoms with Crippen LogP contribution in [0, 0.1) is 6.92 Å². The summed E-state index contributed by atoms with van der Waals surface area (Å²) in [5.41, 5.74) is 1.95. The van der Waals surface area contributed by atoms with E-state index in [4.69, 9.17) is 25.8 Å². The number of halogens is 1. The Morgan fingerprint density at radius 3 is 2.46 bits per heavy atom. The molecule has 1 amide bonds. The minimum atomic E-state index is -1.00. The molecule has 0 heterocycles. The number of ether oxygens (including phenoxy) is 3. The molecular weight excluding hydrogens is 382 g/mol. The van der Waals surface area contributed by atoms with Crippen LogP contribution in [0.5, 0.6) is 11.5 Å². The quantitative estimate of drug-likeness (QED) is 0.552. The Morgan fingerprint density at radius 2 is 1.79 bits per heavy atom. The largest absolute Gasteiger partial charge is 0.496 e. The van der Waals surface area contributed by atoms with E-state index in [1.54, 1.807) is 37.5 Å². The van der Waals surface area contributed by atoms with Gasteiger partial charge in [-0.3, -0.25) is 4.79 Å². The maximum atomic E-state index is 12.4. The van der Waals surface area contributed by atoms with Crippen molar-refractivity contribution in [2.24, 2.45) is 0 Å². The number of rotatable bonds is 7. The van der Waals surface area contributed by atoms with E-state index in [-0.39, 0.29) is 0 Å². The third-order valence-corrected chi connectivity index (χ3v) is 4.35. The minimum Gasteiger partial charge on any atom is -0.496 e. The molecule has 0 bridgehead atoms. The molecule has 0 saturated heterocycles. The third kappa shape index (κ3) is 5.50. The molecule has 0 saturated carbocycles. The number of carbonyl (C=O) groups excluding carboxylic acids is 2. The van der Waals surface area contributed by atoms with Gasteiger partial charge >= 0.3 is 5.97 Å². The number of esters is 1. The fourth-order valence-corrected chi connectivity index (χ4v) is 2.55. The van der Waals surface area contributed by atoms with Gasteiger partial charge in [0.1, 0.15) is 11.5 Å². The van der Waals surface area contributed by atoms with Crippen LogP contribution in [0.2, 0.25) is 5.02 Å². The highest BCUT2D eigenvalue weighted by atomic mass is 35.5. The number of hydrogen-bond donors (Lipinski definition) is 1. The first-order valence-electron chi connectivity index (χ1n) is 8.52. The van der Waals surface area contributed by atoms with Crippen LogP contribution in [-0.4, -0.2) is 32.2 Å². The Balaban J connectivity index is 2.01. The van der Waals surface area contributed by atoms with Gasteiger partial charge in [0.25, 0.3) is 5.91 Å². The second-order valence-electron chi connectivity index (χ2n) is 5.95. The molecule has 2 aromatic rings. The first kappa shape index (κ1) is 21.3. The summed E-state index contributed by atoms with van der Waals surface area (Å²) in [4.78, 5) is 24.4. The minimum absolute atomic E-state index is 0.415. The average Bonchev–Trinajstić information content (AvgIpc) is 2.68. The van der Waals surface area contributed by atoms with Gasteiger partial charge in [-0.05, 0) is 37.6 Å². The van der Waals surface area contributed by atoms with Crippen LogP contribution < -0.4 is 14.8 Å². The van der Waals surface area contributed by atoms with E-state index in [0.717, 1.165) is 11.1 Å². The molecular formula is C21H22ClNO5. The first-order chi connectivity index (χ1) is 13.3. The van der Waals surface area contributed by atoms with Crippen molar-refractivity contribution in [3.05, 3.63) is 58.6 Å². The Labute approximate surface area is 169 Å². The van der Waals surface area contributed by atoms with Gasteiger partial charge in [-0.15, -0.1) is 0 Å². The molecule has 0 aliphatic carbocycles. The zero-order chi connectivity index (χ0) is 20.7. The highest BCUT2D eigenvalue weighted by Crippen LogP contribution is 2.31. The van der Waals surface area contributed by atoms with Gasteiger partial charge in [-0.1, -0.05) is 29.8 Å². The predicted molar refractivity (Wildman–Crippen MR) is 109 cm³/mol. The summed E-state index contributed by atoms with van der Waals surface area (Å²) < 4.78 is 15.6. The summed E-state index contributed by atoms with van der Waals surface area (Å²) in [5.74, 6) is -0.0899. The predicted octanol–water partition coefficient (Wildman–Crippen LogP) is 4.25. The van der Waals surface area contributed by atoms with E-state index in [9.17, 15) is 9.59 Å². The molecule has 148 valence electrons. The normalized spacial score (nSPS) is 11.8. The molecule has 0 radical (unpaired) electrons. The van der Waals surface area contributed by atoms with Crippen LogP contribution >= 0.6 is 11.6 Å². The molecule has 7 heteroatoms. The lowest BCUT2D eigenvalue weighted by atomic mass is 10.2. The highest BCUT2D eigenvalue weighted by Gasteiger charge is 2.19. The van der Waals surface area contributed by atoms with Crippen LogP contribution in [-0.2, 0) is 14.3 Å². The molecule has 6 nitrogen and oxygen atoms in total. The van der Waals surface area contributed by atoms with Crippen molar-refractivity contribution in [3.63, 3.8) is 0 Å². The Kier molecular flexibility index (Phi) is 7.46. The SMILES string of the molecule is COc1ccccc1/C=C/C(=O)OC(C)C(=O)Nc1cc(C)c(Cl)cc1OC. The summed E-state index contributed by atoms with van der Waals surface area (Å²) in [6.07, 6.45) is 1.81. The molecule has 2 aromatic carbocycles. The van der Waals surface area contributed by atoms with Crippen molar-refractivity contribution in [1.82, 2.24) is 0 Å². The lowest BCUT2D eigenvalue weighted by Crippen LogP contribution is -2.29. The van der Waals surface area contributed by atoms with Crippen molar-refractivity contribution < 1.29 is 23.8 Å². The third-order valence-electron chi connectivity index (χ3n) is 3.94. The van der Waals surface area contributed by atoms with Crippen LogP contribution in [0.3, 0.4) is 0 Å². The number of para-hydroxylation sites is 1. The number of methoxy groups -OCH3 is 2. The maximum absolute atomic E-state index is 12.4. The van der Waals surface area contributed by atoms with Crippen molar-refractivity contribution in [1.29, 1.82) is 0 Å². The number of anilines is 1. The molecule has 1 atom stereocenters. The van der Waals surface area contributed by atoms with E-state index >= 15 is 0 Å². The number of carbonyl (C=O) groups is 2. The molecule has 2 rings (SSSR count). The summed E-state index contributed by atoms with van der Waals surface area (Å²) in [7, 11) is 3.02. The zero-order valence-electron chi connectivity index (χ0n) is 16.1. The van der Waals surface area contributed by atoms with Crippen molar-refractivity contribution in [2.75, 3.05) is 19.5 Å². The van der Waals surface area contributed by atoms with Crippen molar-refractivity contribution >= 4 is 35.2 Å². The maximum Gasteiger partial charge on any atom is 0.331 e. The fraction of sp³-hybridized carbons (Fsp3) is 0.238. The monoisotopic (exact) mass is 403 g/mol. The van der Waals surface area contributed by atoms with E-state index in [1.807, 2.05) is 19.1 Å². The van der Waals surface area contributed by atoms with Gasteiger partial charge in [0.05, 0.1) is 19.9 Å². The Bertz CT molecular complexity index is 894. The summed E-state index contributed by atoms with van der Waals surface area (Å²) in [6.45, 7) is 3.29. The molecule has 0 spiro atoms. The number of nitrogens with one attached hydrogen (secondary N) is 1. The molecule has 1 N–H and O–H groups in total. The van der Waals surface area contributed by atoms with Crippen LogP contribution in [0.15, 0.2) is 42.5 Å². The smallest absolute Gasteiger partial charge is 0.331 e. The van der Waals surface area contributed by atoms with E-state index < -0.39 is 18.0 Å². The van der Waals surface area contributed by atoms with Crippen LogP contribution in [0.1, 0.15) is 18.1 Å². The number of benzene rings is 2. The Morgan fingerprint density at radius 1 is 1.11 bits per heavy atom. The van der Waals surface area contributed by atoms with Gasteiger partial charge in [-0.2, -0.15) is 0 Å². The van der Waals surface area contributed by atoms with E-state index in [2.05, 4.69) is 5.32 Å². The van der Waals surface area contributed by atoms with Crippen molar-refractivity contribution in [2.45, 2.75) is 20.0 Å². The molecule has 0 aromatic heterocycles. The summed E-state index contributed by atoms with van der Waals surface area (Å²) >= 11 is 6.06. The van der Waals surface area contributed by atoms with Crippen LogP contribution in [0.25, 0.3) is 6.08 Å². The summed E-state index contributed by atoms with van der Waals surface area (Å²) in [6, 6.07) is 10.5. The molecule has 0 aliphatic rings. The second kappa shape index (κ2) is 9.80. The average molecular weight is 404 g/mol. The summed E-state index contributed by atoms with van der Waals surface area (Å²) in [5, 5.41) is 3.21. The molecule has 0 aliphatic heterocycles. The second-order valence-corrected chi connectivity index (χ2v) is 6.35. The fourth-order valence-electron chi connectivity index (χ4n) is 2.39. The van der Waals surface area contributed by atoms with E-state index in [0.29, 0.717) is 22.2 Å². The van der Waals surface area contributed by atoms with Gasteiger partial charge in [-0.25, -0.2) is 4.79 Å². The first-order valence-corrected chi connectivity index (χ1v) is 8.90. The lowest BCUT2D eigenvalue weighted by Gasteiger charge is -2.15. The lowest BCUT2D eigenvalue weighted by molar-refractivity contribution is -0.148. The highest BCUT2D eigenvalue weighted by molar-refractivity contribution is 6.31. The van der Waals surface area contributed by atoms with E-state index in [1.165, 1.54) is 20.1 Å².